The standard InChI is InChI=1S/C17H19N3/c1-4-11-9-12-7-8-15-17(16(12)18-10-11)20-14(6-3)13(5-2)19-15/h7-10H,4-6H2,1-3H3. The van der Waals surface area contributed by atoms with Crippen molar-refractivity contribution in [2.45, 2.75) is 40.0 Å². The van der Waals surface area contributed by atoms with Gasteiger partial charge in [-0.25, -0.2) is 9.97 Å². The third kappa shape index (κ3) is 2.03. The van der Waals surface area contributed by atoms with Crippen LogP contribution in [-0.4, -0.2) is 15.0 Å². The lowest BCUT2D eigenvalue weighted by Crippen LogP contribution is -2.01. The van der Waals surface area contributed by atoms with Crippen LogP contribution in [0.1, 0.15) is 37.7 Å². The summed E-state index contributed by atoms with van der Waals surface area (Å²) in [7, 11) is 0. The van der Waals surface area contributed by atoms with Gasteiger partial charge in [-0.15, -0.1) is 0 Å². The number of benzene rings is 1. The summed E-state index contributed by atoms with van der Waals surface area (Å²) >= 11 is 0. The van der Waals surface area contributed by atoms with Crippen LogP contribution in [0.5, 0.6) is 0 Å². The van der Waals surface area contributed by atoms with E-state index in [1.807, 2.05) is 6.20 Å². The molecule has 0 N–H and O–H groups in total. The molecule has 0 spiro atoms. The van der Waals surface area contributed by atoms with Crippen LogP contribution in [0.4, 0.5) is 0 Å². The molecule has 3 aromatic rings. The van der Waals surface area contributed by atoms with Crippen LogP contribution in [0.3, 0.4) is 0 Å². The number of hydrogen-bond acceptors (Lipinski definition) is 3. The zero-order valence-corrected chi connectivity index (χ0v) is 12.3. The van der Waals surface area contributed by atoms with Gasteiger partial charge in [0.25, 0.3) is 0 Å². The highest BCUT2D eigenvalue weighted by Gasteiger charge is 2.09. The lowest BCUT2D eigenvalue weighted by atomic mass is 10.1. The molecule has 3 rings (SSSR count). The van der Waals surface area contributed by atoms with Crippen LogP contribution >= 0.6 is 0 Å². The van der Waals surface area contributed by atoms with Gasteiger partial charge in [0.15, 0.2) is 0 Å². The van der Waals surface area contributed by atoms with Crippen molar-refractivity contribution in [2.75, 3.05) is 0 Å². The van der Waals surface area contributed by atoms with E-state index < -0.39 is 0 Å². The Balaban J connectivity index is 2.35. The molecule has 3 nitrogen and oxygen atoms in total. The first kappa shape index (κ1) is 13.0. The molecule has 0 atom stereocenters. The number of pyridine rings is 1. The van der Waals surface area contributed by atoms with E-state index in [0.717, 1.165) is 52.6 Å². The van der Waals surface area contributed by atoms with Crippen LogP contribution in [0.25, 0.3) is 21.9 Å². The normalized spacial score (nSPS) is 11.3. The molecule has 20 heavy (non-hydrogen) atoms. The fourth-order valence-corrected chi connectivity index (χ4v) is 2.59. The van der Waals surface area contributed by atoms with Crippen molar-refractivity contribution in [3.63, 3.8) is 0 Å². The van der Waals surface area contributed by atoms with Gasteiger partial charge >= 0.3 is 0 Å². The summed E-state index contributed by atoms with van der Waals surface area (Å²) in [6.07, 6.45) is 4.78. The van der Waals surface area contributed by atoms with E-state index in [4.69, 9.17) is 9.97 Å². The van der Waals surface area contributed by atoms with Gasteiger partial charge in [0, 0.05) is 11.6 Å². The smallest absolute Gasteiger partial charge is 0.115 e. The molecule has 102 valence electrons. The van der Waals surface area contributed by atoms with Crippen LogP contribution in [0.15, 0.2) is 24.4 Å². The topological polar surface area (TPSA) is 38.7 Å². The molecule has 0 aliphatic carbocycles. The summed E-state index contributed by atoms with van der Waals surface area (Å²) in [4.78, 5) is 14.2. The van der Waals surface area contributed by atoms with Crippen molar-refractivity contribution < 1.29 is 0 Å². The summed E-state index contributed by atoms with van der Waals surface area (Å²) < 4.78 is 0. The molecule has 0 amide bonds. The second-order valence-electron chi connectivity index (χ2n) is 5.03. The number of aromatic nitrogens is 3. The Hall–Kier alpha value is -2.03. The zero-order valence-electron chi connectivity index (χ0n) is 12.3. The highest BCUT2D eigenvalue weighted by atomic mass is 14.8. The minimum absolute atomic E-state index is 0.912. The number of fused-ring (bicyclic) bond motifs is 3. The largest absolute Gasteiger partial charge is 0.254 e. The van der Waals surface area contributed by atoms with E-state index in [0.29, 0.717) is 0 Å². The summed E-state index contributed by atoms with van der Waals surface area (Å²) in [6, 6.07) is 6.36. The van der Waals surface area contributed by atoms with Gasteiger partial charge in [0.1, 0.15) is 5.52 Å². The monoisotopic (exact) mass is 265 g/mol. The van der Waals surface area contributed by atoms with Crippen molar-refractivity contribution in [3.05, 3.63) is 41.3 Å². The van der Waals surface area contributed by atoms with E-state index in [2.05, 4.69) is 44.0 Å². The molecule has 0 bridgehead atoms. The molecule has 2 aromatic heterocycles. The fourth-order valence-electron chi connectivity index (χ4n) is 2.59. The third-order valence-corrected chi connectivity index (χ3v) is 3.77. The molecule has 0 fully saturated rings. The van der Waals surface area contributed by atoms with Crippen LogP contribution in [0, 0.1) is 0 Å². The quantitative estimate of drug-likeness (QED) is 0.675. The number of nitrogens with zero attached hydrogens (tertiary/aromatic N) is 3. The van der Waals surface area contributed by atoms with Crippen LogP contribution in [-0.2, 0) is 19.3 Å². The molecule has 0 radical (unpaired) electrons. The average molecular weight is 265 g/mol. The molecular formula is C17H19N3. The Morgan fingerprint density at radius 1 is 0.850 bits per heavy atom. The van der Waals surface area contributed by atoms with Crippen molar-refractivity contribution in [2.24, 2.45) is 0 Å². The summed E-state index contributed by atoms with van der Waals surface area (Å²) in [6.45, 7) is 6.40. The Morgan fingerprint density at radius 3 is 2.30 bits per heavy atom. The molecule has 0 saturated heterocycles. The first-order valence-corrected chi connectivity index (χ1v) is 7.33. The van der Waals surface area contributed by atoms with Gasteiger partial charge in [-0.3, -0.25) is 4.98 Å². The first-order valence-electron chi connectivity index (χ1n) is 7.33. The molecule has 0 aliphatic rings. The predicted molar refractivity (Wildman–Crippen MR) is 83.0 cm³/mol. The number of rotatable bonds is 3. The van der Waals surface area contributed by atoms with Crippen LogP contribution in [0.2, 0.25) is 0 Å². The van der Waals surface area contributed by atoms with E-state index in [9.17, 15) is 0 Å². The van der Waals surface area contributed by atoms with E-state index in [-0.39, 0.29) is 0 Å². The maximum atomic E-state index is 4.82. The Morgan fingerprint density at radius 2 is 1.60 bits per heavy atom. The molecule has 0 saturated carbocycles. The Labute approximate surface area is 119 Å². The van der Waals surface area contributed by atoms with Gasteiger partial charge in [-0.05, 0) is 37.0 Å². The van der Waals surface area contributed by atoms with E-state index in [1.165, 1.54) is 5.56 Å². The van der Waals surface area contributed by atoms with Crippen molar-refractivity contribution in [3.8, 4) is 0 Å². The molecule has 0 unspecified atom stereocenters. The van der Waals surface area contributed by atoms with Crippen molar-refractivity contribution in [1.82, 2.24) is 15.0 Å². The second kappa shape index (κ2) is 5.16. The maximum absolute atomic E-state index is 4.82. The maximum Gasteiger partial charge on any atom is 0.115 e. The molecule has 0 aliphatic heterocycles. The SMILES string of the molecule is CCc1cnc2c(ccc3nc(CC)c(CC)nc32)c1. The average Bonchev–Trinajstić information content (AvgIpc) is 2.52. The first-order chi connectivity index (χ1) is 9.76. The van der Waals surface area contributed by atoms with Gasteiger partial charge in [0.05, 0.1) is 22.4 Å². The Bertz CT molecular complexity index is 778. The van der Waals surface area contributed by atoms with E-state index >= 15 is 0 Å². The molecule has 3 heteroatoms. The summed E-state index contributed by atoms with van der Waals surface area (Å²) in [5, 5.41) is 1.15. The Kier molecular flexibility index (Phi) is 3.35. The van der Waals surface area contributed by atoms with Crippen LogP contribution < -0.4 is 0 Å². The highest BCUT2D eigenvalue weighted by molar-refractivity contribution is 6.01. The van der Waals surface area contributed by atoms with Gasteiger partial charge in [-0.2, -0.15) is 0 Å². The van der Waals surface area contributed by atoms with Crippen molar-refractivity contribution in [1.29, 1.82) is 0 Å². The van der Waals surface area contributed by atoms with Gasteiger partial charge < -0.3 is 0 Å². The predicted octanol–water partition coefficient (Wildman–Crippen LogP) is 3.87. The fraction of sp³-hybridized carbons (Fsp3) is 0.353. The number of hydrogen-bond donors (Lipinski definition) is 0. The van der Waals surface area contributed by atoms with E-state index in [1.54, 1.807) is 0 Å². The summed E-state index contributed by atoms with van der Waals surface area (Å²) in [5.74, 6) is 0. The lowest BCUT2D eigenvalue weighted by Gasteiger charge is -2.08. The minimum atomic E-state index is 0.912. The number of aryl methyl sites for hydroxylation is 3. The minimum Gasteiger partial charge on any atom is -0.254 e. The van der Waals surface area contributed by atoms with Gasteiger partial charge in [0.2, 0.25) is 0 Å². The van der Waals surface area contributed by atoms with Crippen molar-refractivity contribution >= 4 is 21.9 Å². The summed E-state index contributed by atoms with van der Waals surface area (Å²) in [5.41, 5.74) is 6.29. The second-order valence-corrected chi connectivity index (χ2v) is 5.03. The molecule has 1 aromatic carbocycles. The van der Waals surface area contributed by atoms with Gasteiger partial charge in [-0.1, -0.05) is 26.8 Å². The lowest BCUT2D eigenvalue weighted by molar-refractivity contribution is 0.931. The third-order valence-electron chi connectivity index (χ3n) is 3.77. The zero-order chi connectivity index (χ0) is 14.1. The molecular weight excluding hydrogens is 246 g/mol. The highest BCUT2D eigenvalue weighted by Crippen LogP contribution is 2.23. The molecule has 2 heterocycles.